The van der Waals surface area contributed by atoms with E-state index in [1.54, 1.807) is 44.1 Å². The Kier molecular flexibility index (Phi) is 10.2. The van der Waals surface area contributed by atoms with Crippen molar-refractivity contribution in [1.82, 2.24) is 9.88 Å². The van der Waals surface area contributed by atoms with Crippen molar-refractivity contribution in [3.63, 3.8) is 0 Å². The van der Waals surface area contributed by atoms with E-state index in [1.807, 2.05) is 32.2 Å². The zero-order chi connectivity index (χ0) is 25.6. The van der Waals surface area contributed by atoms with Gasteiger partial charge in [0.2, 0.25) is 5.91 Å². The smallest absolute Gasteiger partial charge is 0.225 e. The molecule has 7 heteroatoms. The van der Waals surface area contributed by atoms with E-state index in [4.69, 9.17) is 0 Å². The van der Waals surface area contributed by atoms with Gasteiger partial charge in [0, 0.05) is 18.3 Å². The van der Waals surface area contributed by atoms with Crippen molar-refractivity contribution in [2.75, 3.05) is 7.05 Å². The molecule has 1 aromatic heterocycles. The molecular weight excluding hydrogens is 448 g/mol. The maximum absolute atomic E-state index is 13.2. The van der Waals surface area contributed by atoms with Gasteiger partial charge >= 0.3 is 0 Å². The van der Waals surface area contributed by atoms with Gasteiger partial charge in [-0.3, -0.25) is 9.59 Å². The summed E-state index contributed by atoms with van der Waals surface area (Å²) in [5.41, 5.74) is 0.749. The lowest BCUT2D eigenvalue weighted by molar-refractivity contribution is -0.145. The Morgan fingerprint density at radius 2 is 1.91 bits per heavy atom. The molecule has 0 aromatic carbocycles. The summed E-state index contributed by atoms with van der Waals surface area (Å²) in [5.74, 6) is -1.08. The van der Waals surface area contributed by atoms with Crippen LogP contribution >= 0.6 is 11.3 Å². The Bertz CT molecular complexity index is 904. The van der Waals surface area contributed by atoms with Crippen molar-refractivity contribution < 1.29 is 19.8 Å². The molecule has 0 fully saturated rings. The first-order valence-corrected chi connectivity index (χ1v) is 13.2. The quantitative estimate of drug-likeness (QED) is 0.582. The molecule has 2 heterocycles. The number of aliphatic hydroxyl groups excluding tert-OH is 2. The Hall–Kier alpha value is -1.83. The second-order valence-corrected chi connectivity index (χ2v) is 11.5. The molecule has 1 unspecified atom stereocenters. The highest BCUT2D eigenvalue weighted by molar-refractivity contribution is 7.09. The number of carbonyl (C=O) groups excluding carboxylic acids is 2. The second kappa shape index (κ2) is 12.2. The molecule has 190 valence electrons. The number of nitrogens with zero attached hydrogens (tertiary/aromatic N) is 2. The van der Waals surface area contributed by atoms with Gasteiger partial charge in [0.25, 0.3) is 0 Å². The summed E-state index contributed by atoms with van der Waals surface area (Å²) in [4.78, 5) is 32.6. The van der Waals surface area contributed by atoms with Gasteiger partial charge in [-0.25, -0.2) is 4.98 Å². The Labute approximate surface area is 208 Å². The maximum Gasteiger partial charge on any atom is 0.225 e. The number of hydrogen-bond acceptors (Lipinski definition) is 6. The Morgan fingerprint density at radius 3 is 2.53 bits per heavy atom. The molecule has 2 rings (SSSR count). The third-order valence-electron chi connectivity index (χ3n) is 7.30. The predicted molar refractivity (Wildman–Crippen MR) is 138 cm³/mol. The second-order valence-electron chi connectivity index (χ2n) is 10.4. The minimum atomic E-state index is -1.15. The largest absolute Gasteiger partial charge is 0.392 e. The van der Waals surface area contributed by atoms with Crippen molar-refractivity contribution in [2.45, 2.75) is 91.9 Å². The summed E-state index contributed by atoms with van der Waals surface area (Å²) in [5, 5.41) is 24.7. The minimum absolute atomic E-state index is 0.0274. The third kappa shape index (κ3) is 7.09. The summed E-state index contributed by atoms with van der Waals surface area (Å²) < 4.78 is 0. The van der Waals surface area contributed by atoms with Gasteiger partial charge < -0.3 is 15.1 Å². The predicted octanol–water partition coefficient (Wildman–Crippen LogP) is 4.79. The van der Waals surface area contributed by atoms with Crippen LogP contribution in [0.1, 0.15) is 77.4 Å². The van der Waals surface area contributed by atoms with Crippen molar-refractivity contribution in [1.29, 1.82) is 0 Å². The highest BCUT2D eigenvalue weighted by Gasteiger charge is 2.42. The molecular formula is C27H42N2O4S. The number of ketones is 1. The number of thiazole rings is 1. The average molecular weight is 491 g/mol. The van der Waals surface area contributed by atoms with E-state index in [0.717, 1.165) is 35.5 Å². The molecule has 1 aliphatic heterocycles. The molecule has 0 saturated carbocycles. The van der Waals surface area contributed by atoms with E-state index >= 15 is 0 Å². The molecule has 1 aromatic rings. The van der Waals surface area contributed by atoms with E-state index < -0.39 is 23.5 Å². The van der Waals surface area contributed by atoms with Crippen molar-refractivity contribution in [3.05, 3.63) is 33.8 Å². The maximum atomic E-state index is 13.2. The molecule has 0 radical (unpaired) electrons. The number of rotatable bonds is 2. The van der Waals surface area contributed by atoms with E-state index in [1.165, 1.54) is 0 Å². The fourth-order valence-corrected chi connectivity index (χ4v) is 5.20. The molecule has 0 bridgehead atoms. The van der Waals surface area contributed by atoms with Crippen LogP contribution in [-0.2, 0) is 9.59 Å². The zero-order valence-electron chi connectivity index (χ0n) is 21.7. The normalized spacial score (nSPS) is 31.5. The number of aryl methyl sites for hydroxylation is 1. The summed E-state index contributed by atoms with van der Waals surface area (Å²) in [6.07, 6.45) is 7.43. The monoisotopic (exact) mass is 490 g/mol. The number of hydrogen-bond donors (Lipinski definition) is 2. The highest BCUT2D eigenvalue weighted by Crippen LogP contribution is 2.32. The standard InChI is InChI=1S/C27H42N2O4S/c1-17-12-10-8-9-11-13-22(18(2)14-21-16-34-20(4)28-21)29(7)24(31)15-23(30)27(5,6)26(33)19(3)25(17)32/h9,11,14,16-17,19,22-23,25,30,32H,8,10,12-13,15H2,1-7H3/b11-9+,18-14+/t17-,19+,22?,23+,25-/m1/s1. The lowest BCUT2D eigenvalue weighted by Gasteiger charge is -2.36. The van der Waals surface area contributed by atoms with Crippen LogP contribution in [0.4, 0.5) is 0 Å². The fourth-order valence-electron chi connectivity index (χ4n) is 4.63. The third-order valence-corrected chi connectivity index (χ3v) is 8.09. The number of Topliss-reactive ketones (excluding diaryl/α,β-unsaturated/α-hetero) is 1. The van der Waals surface area contributed by atoms with Crippen molar-refractivity contribution in [2.24, 2.45) is 17.3 Å². The van der Waals surface area contributed by atoms with Crippen LogP contribution in [0.2, 0.25) is 0 Å². The fraction of sp³-hybridized carbons (Fsp3) is 0.667. The van der Waals surface area contributed by atoms with Crippen LogP contribution in [-0.4, -0.2) is 57.1 Å². The summed E-state index contributed by atoms with van der Waals surface area (Å²) in [6.45, 7) is 11.0. The minimum Gasteiger partial charge on any atom is -0.392 e. The van der Waals surface area contributed by atoms with Crippen LogP contribution in [0.3, 0.4) is 0 Å². The number of aromatic nitrogens is 1. The van der Waals surface area contributed by atoms with Crippen LogP contribution in [0.5, 0.6) is 0 Å². The molecule has 1 aliphatic rings. The average Bonchev–Trinajstić information content (AvgIpc) is 3.19. The van der Waals surface area contributed by atoms with Crippen LogP contribution in [0.25, 0.3) is 6.08 Å². The number of likely N-dealkylation sites (N-methyl/N-ethyl adjacent to an activating group) is 1. The topological polar surface area (TPSA) is 90.7 Å². The van der Waals surface area contributed by atoms with Crippen LogP contribution in [0.15, 0.2) is 23.1 Å². The number of carbonyl (C=O) groups is 2. The molecule has 34 heavy (non-hydrogen) atoms. The zero-order valence-corrected chi connectivity index (χ0v) is 22.6. The van der Waals surface area contributed by atoms with Crippen LogP contribution in [0, 0.1) is 24.2 Å². The summed E-state index contributed by atoms with van der Waals surface area (Å²) >= 11 is 1.59. The number of amides is 1. The van der Waals surface area contributed by atoms with Gasteiger partial charge in [-0.1, -0.05) is 39.8 Å². The van der Waals surface area contributed by atoms with Gasteiger partial charge in [-0.05, 0) is 57.1 Å². The first-order valence-electron chi connectivity index (χ1n) is 12.3. The van der Waals surface area contributed by atoms with E-state index in [9.17, 15) is 19.8 Å². The van der Waals surface area contributed by atoms with Crippen molar-refractivity contribution in [3.8, 4) is 0 Å². The van der Waals surface area contributed by atoms with Gasteiger partial charge in [0.1, 0.15) is 5.78 Å². The number of aliphatic hydroxyl groups is 2. The van der Waals surface area contributed by atoms with Gasteiger partial charge in [-0.2, -0.15) is 0 Å². The Morgan fingerprint density at radius 1 is 1.24 bits per heavy atom. The summed E-state index contributed by atoms with van der Waals surface area (Å²) in [7, 11) is 1.75. The molecule has 2 N–H and O–H groups in total. The SMILES string of the molecule is C/C(=C\c1csc(C)n1)C1C/C=C/CCC[C@@H](C)[C@@H](O)[C@H](C)C(=O)C(C)(C)[C@@H](O)CC(=O)N1C. The molecule has 0 saturated heterocycles. The van der Waals surface area contributed by atoms with E-state index in [-0.39, 0.29) is 30.1 Å². The van der Waals surface area contributed by atoms with Crippen molar-refractivity contribution >= 4 is 29.1 Å². The van der Waals surface area contributed by atoms with Gasteiger partial charge in [-0.15, -0.1) is 11.3 Å². The van der Waals surface area contributed by atoms with Gasteiger partial charge in [0.05, 0.1) is 40.8 Å². The Balaban J connectivity index is 2.35. The molecule has 6 nitrogen and oxygen atoms in total. The molecule has 5 atom stereocenters. The highest BCUT2D eigenvalue weighted by atomic mass is 32.1. The molecule has 0 aliphatic carbocycles. The lowest BCUT2D eigenvalue weighted by Crippen LogP contribution is -2.47. The first-order chi connectivity index (χ1) is 15.9. The lowest BCUT2D eigenvalue weighted by atomic mass is 9.73. The van der Waals surface area contributed by atoms with E-state index in [0.29, 0.717) is 6.42 Å². The molecule has 0 spiro atoms. The number of allylic oxidation sites excluding steroid dienone is 1. The molecule has 1 amide bonds. The summed E-state index contributed by atoms with van der Waals surface area (Å²) in [6, 6.07) is -0.177. The van der Waals surface area contributed by atoms with Gasteiger partial charge in [0.15, 0.2) is 0 Å². The first kappa shape index (κ1) is 28.4. The van der Waals surface area contributed by atoms with Crippen LogP contribution < -0.4 is 0 Å². The van der Waals surface area contributed by atoms with E-state index in [2.05, 4.69) is 17.1 Å².